The SMILES string of the molecule is O=C(OCCCC(Cl)(Cl)O[SiH3])c1ccccc1. The lowest BCUT2D eigenvalue weighted by Gasteiger charge is -2.17. The van der Waals surface area contributed by atoms with Crippen LogP contribution in [0, 0.1) is 0 Å². The van der Waals surface area contributed by atoms with E-state index in [0.29, 0.717) is 28.9 Å². The summed E-state index contributed by atoms with van der Waals surface area (Å²) in [6.07, 6.45) is 0.996. The molecule has 0 aliphatic carbocycles. The normalized spacial score (nSPS) is 11.4. The third-order valence-corrected chi connectivity index (χ3v) is 4.05. The number of benzene rings is 1. The van der Waals surface area contributed by atoms with E-state index in [-0.39, 0.29) is 12.6 Å². The molecule has 0 spiro atoms. The summed E-state index contributed by atoms with van der Waals surface area (Å²) in [4.78, 5) is 11.5. The molecule has 1 aromatic carbocycles. The van der Waals surface area contributed by atoms with Gasteiger partial charge in [0.05, 0.1) is 12.2 Å². The first-order valence-corrected chi connectivity index (χ1v) is 6.77. The zero-order valence-corrected chi connectivity index (χ0v) is 13.0. The first kappa shape index (κ1) is 14.5. The van der Waals surface area contributed by atoms with Crippen molar-refractivity contribution in [2.24, 2.45) is 0 Å². The summed E-state index contributed by atoms with van der Waals surface area (Å²) < 4.78 is 8.88. The molecule has 17 heavy (non-hydrogen) atoms. The van der Waals surface area contributed by atoms with Crippen LogP contribution >= 0.6 is 23.2 Å². The smallest absolute Gasteiger partial charge is 0.338 e. The molecular formula is C11H14Cl2O3Si. The van der Waals surface area contributed by atoms with E-state index in [9.17, 15) is 4.79 Å². The molecule has 94 valence electrons. The Hall–Kier alpha value is -0.553. The molecule has 0 bridgehead atoms. The highest BCUT2D eigenvalue weighted by Gasteiger charge is 2.21. The molecule has 0 aliphatic heterocycles. The van der Waals surface area contributed by atoms with Crippen molar-refractivity contribution in [1.82, 2.24) is 0 Å². The fraction of sp³-hybridized carbons (Fsp3) is 0.364. The van der Waals surface area contributed by atoms with Gasteiger partial charge in [0.25, 0.3) is 0 Å². The van der Waals surface area contributed by atoms with Crippen LogP contribution < -0.4 is 0 Å². The molecule has 0 radical (unpaired) electrons. The van der Waals surface area contributed by atoms with Gasteiger partial charge in [-0.3, -0.25) is 0 Å². The van der Waals surface area contributed by atoms with Gasteiger partial charge >= 0.3 is 5.97 Å². The van der Waals surface area contributed by atoms with E-state index in [1.807, 2.05) is 6.07 Å². The monoisotopic (exact) mass is 292 g/mol. The Kier molecular flexibility index (Phi) is 5.98. The minimum absolute atomic E-state index is 0.278. The first-order chi connectivity index (χ1) is 8.05. The maximum absolute atomic E-state index is 11.5. The average Bonchev–Trinajstić information content (AvgIpc) is 2.35. The molecule has 0 amide bonds. The minimum atomic E-state index is -1.15. The number of esters is 1. The van der Waals surface area contributed by atoms with E-state index < -0.39 is 4.52 Å². The summed E-state index contributed by atoms with van der Waals surface area (Å²) in [6.45, 7) is 0.278. The van der Waals surface area contributed by atoms with Crippen molar-refractivity contribution < 1.29 is 14.0 Å². The minimum Gasteiger partial charge on any atom is -0.462 e. The van der Waals surface area contributed by atoms with Crippen LogP contribution in [0.3, 0.4) is 0 Å². The second kappa shape index (κ2) is 7.01. The van der Waals surface area contributed by atoms with Crippen molar-refractivity contribution in [3.63, 3.8) is 0 Å². The number of carbonyl (C=O) groups excluding carboxylic acids is 1. The van der Waals surface area contributed by atoms with Crippen LogP contribution in [0.5, 0.6) is 0 Å². The van der Waals surface area contributed by atoms with Gasteiger partial charge in [0.2, 0.25) is 4.52 Å². The number of halogens is 2. The Labute approximate surface area is 114 Å². The fourth-order valence-electron chi connectivity index (χ4n) is 1.20. The highest BCUT2D eigenvalue weighted by molar-refractivity contribution is 6.48. The van der Waals surface area contributed by atoms with Gasteiger partial charge in [-0.05, 0) is 18.6 Å². The molecule has 0 saturated heterocycles. The predicted octanol–water partition coefficient (Wildman–Crippen LogP) is 2.05. The van der Waals surface area contributed by atoms with Crippen LogP contribution in [0.25, 0.3) is 0 Å². The number of hydrogen-bond donors (Lipinski definition) is 0. The molecule has 0 N–H and O–H groups in total. The van der Waals surface area contributed by atoms with E-state index in [2.05, 4.69) is 0 Å². The second-order valence-electron chi connectivity index (χ2n) is 3.45. The van der Waals surface area contributed by atoms with Crippen LogP contribution in [-0.2, 0) is 9.16 Å². The number of hydrogen-bond acceptors (Lipinski definition) is 3. The lowest BCUT2D eigenvalue weighted by molar-refractivity contribution is 0.0488. The van der Waals surface area contributed by atoms with Crippen molar-refractivity contribution in [1.29, 1.82) is 0 Å². The summed E-state index contributed by atoms with van der Waals surface area (Å²) in [7, 11) is 0.471. The van der Waals surface area contributed by atoms with Crippen LogP contribution in [0.1, 0.15) is 23.2 Å². The molecule has 0 aromatic heterocycles. The molecule has 1 rings (SSSR count). The van der Waals surface area contributed by atoms with Crippen molar-refractivity contribution in [3.8, 4) is 0 Å². The lowest BCUT2D eigenvalue weighted by atomic mass is 10.2. The molecule has 0 aliphatic rings. The van der Waals surface area contributed by atoms with Gasteiger partial charge in [-0.1, -0.05) is 41.4 Å². The Morgan fingerprint density at radius 2 is 1.94 bits per heavy atom. The topological polar surface area (TPSA) is 35.5 Å². The van der Waals surface area contributed by atoms with Crippen LogP contribution in [0.4, 0.5) is 0 Å². The number of rotatable bonds is 6. The standard InChI is InChI=1S/C11H14Cl2O3Si/c12-11(13,16-17)7-4-8-15-10(14)9-5-2-1-3-6-9/h1-3,5-6H,4,7-8H2,17H3. The first-order valence-electron chi connectivity index (χ1n) is 5.20. The fourth-order valence-corrected chi connectivity index (χ4v) is 1.67. The van der Waals surface area contributed by atoms with Gasteiger partial charge in [-0.15, -0.1) is 0 Å². The molecule has 1 aromatic rings. The van der Waals surface area contributed by atoms with Crippen LogP contribution in [0.15, 0.2) is 30.3 Å². The summed E-state index contributed by atoms with van der Waals surface area (Å²) in [5.74, 6) is -0.341. The molecule has 6 heteroatoms. The molecule has 0 fully saturated rings. The maximum atomic E-state index is 11.5. The van der Waals surface area contributed by atoms with E-state index in [1.54, 1.807) is 24.3 Å². The average molecular weight is 293 g/mol. The third-order valence-electron chi connectivity index (χ3n) is 2.15. The molecule has 3 nitrogen and oxygen atoms in total. The molecule has 0 atom stereocenters. The summed E-state index contributed by atoms with van der Waals surface area (Å²) >= 11 is 11.6. The molecule has 0 heterocycles. The van der Waals surface area contributed by atoms with Gasteiger partial charge in [-0.25, -0.2) is 4.79 Å². The quantitative estimate of drug-likeness (QED) is 0.348. The second-order valence-corrected chi connectivity index (χ2v) is 5.27. The van der Waals surface area contributed by atoms with Gasteiger partial charge < -0.3 is 9.16 Å². The zero-order valence-electron chi connectivity index (χ0n) is 9.49. The summed E-state index contributed by atoms with van der Waals surface area (Å²) in [5.41, 5.74) is 0.537. The van der Waals surface area contributed by atoms with Gasteiger partial charge in [0, 0.05) is 6.42 Å². The summed E-state index contributed by atoms with van der Waals surface area (Å²) in [6, 6.07) is 8.82. The van der Waals surface area contributed by atoms with Crippen molar-refractivity contribution >= 4 is 39.7 Å². The van der Waals surface area contributed by atoms with Gasteiger partial charge in [-0.2, -0.15) is 0 Å². The van der Waals surface area contributed by atoms with Gasteiger partial charge in [0.15, 0.2) is 0 Å². The Balaban J connectivity index is 2.26. The predicted molar refractivity (Wildman–Crippen MR) is 71.4 cm³/mol. The van der Waals surface area contributed by atoms with Crippen molar-refractivity contribution in [3.05, 3.63) is 35.9 Å². The maximum Gasteiger partial charge on any atom is 0.338 e. The largest absolute Gasteiger partial charge is 0.462 e. The Bertz CT molecular complexity index is 357. The van der Waals surface area contributed by atoms with E-state index in [0.717, 1.165) is 0 Å². The summed E-state index contributed by atoms with van der Waals surface area (Å²) in [5, 5.41) is 0. The van der Waals surface area contributed by atoms with Crippen molar-refractivity contribution in [2.45, 2.75) is 17.4 Å². The van der Waals surface area contributed by atoms with Crippen LogP contribution in [0.2, 0.25) is 0 Å². The zero-order chi connectivity index (χ0) is 12.7. The molecule has 0 unspecified atom stereocenters. The van der Waals surface area contributed by atoms with E-state index in [4.69, 9.17) is 32.4 Å². The van der Waals surface area contributed by atoms with Crippen molar-refractivity contribution in [2.75, 3.05) is 6.61 Å². The number of ether oxygens (including phenoxy) is 1. The Morgan fingerprint density at radius 1 is 1.29 bits per heavy atom. The third kappa shape index (κ3) is 5.54. The Morgan fingerprint density at radius 3 is 2.53 bits per heavy atom. The van der Waals surface area contributed by atoms with Gasteiger partial charge in [0.1, 0.15) is 10.5 Å². The number of alkyl halides is 2. The van der Waals surface area contributed by atoms with Crippen LogP contribution in [-0.4, -0.2) is 27.6 Å². The molecular weight excluding hydrogens is 279 g/mol. The van der Waals surface area contributed by atoms with E-state index >= 15 is 0 Å². The lowest BCUT2D eigenvalue weighted by Crippen LogP contribution is -2.17. The number of carbonyl (C=O) groups is 1. The van der Waals surface area contributed by atoms with E-state index in [1.165, 1.54) is 0 Å². The highest BCUT2D eigenvalue weighted by Crippen LogP contribution is 2.26. The molecule has 0 saturated carbocycles. The highest BCUT2D eigenvalue weighted by atomic mass is 35.5.